The van der Waals surface area contributed by atoms with Crippen molar-refractivity contribution in [1.29, 1.82) is 0 Å². The first kappa shape index (κ1) is 19.0. The lowest BCUT2D eigenvalue weighted by molar-refractivity contribution is 0.101. The van der Waals surface area contributed by atoms with Gasteiger partial charge < -0.3 is 5.32 Å². The Bertz CT molecular complexity index is 1180. The lowest BCUT2D eigenvalue weighted by atomic mass is 10.1. The highest BCUT2D eigenvalue weighted by Gasteiger charge is 2.10. The third kappa shape index (κ3) is 4.41. The van der Waals surface area contributed by atoms with Crippen LogP contribution in [0.3, 0.4) is 0 Å². The van der Waals surface area contributed by atoms with Crippen molar-refractivity contribution in [1.82, 2.24) is 14.8 Å². The minimum atomic E-state index is -0.339. The summed E-state index contributed by atoms with van der Waals surface area (Å²) in [7, 11) is 0. The zero-order valence-corrected chi connectivity index (χ0v) is 16.8. The summed E-state index contributed by atoms with van der Waals surface area (Å²) >= 11 is 1.69. The fourth-order valence-corrected chi connectivity index (χ4v) is 4.01. The quantitative estimate of drug-likeness (QED) is 0.525. The number of amides is 1. The van der Waals surface area contributed by atoms with E-state index in [9.17, 15) is 9.59 Å². The number of nitrogens with one attached hydrogen (secondary N) is 1. The summed E-state index contributed by atoms with van der Waals surface area (Å²) in [5, 5.41) is 8.03. The monoisotopic (exact) mass is 404 g/mol. The van der Waals surface area contributed by atoms with Gasteiger partial charge in [0.2, 0.25) is 0 Å². The van der Waals surface area contributed by atoms with E-state index in [-0.39, 0.29) is 17.2 Å². The second-order valence-electron chi connectivity index (χ2n) is 6.68. The number of hydrogen-bond acceptors (Lipinski definition) is 5. The highest BCUT2D eigenvalue weighted by Crippen LogP contribution is 2.24. The van der Waals surface area contributed by atoms with Gasteiger partial charge in [0.05, 0.1) is 15.2 Å². The van der Waals surface area contributed by atoms with Gasteiger partial charge in [-0.3, -0.25) is 9.59 Å². The van der Waals surface area contributed by atoms with Crippen LogP contribution in [0.15, 0.2) is 65.5 Å². The summed E-state index contributed by atoms with van der Waals surface area (Å²) < 4.78 is 2.50. The molecule has 0 saturated heterocycles. The Labute approximate surface area is 171 Å². The number of hydrogen-bond donors (Lipinski definition) is 1. The van der Waals surface area contributed by atoms with Crippen LogP contribution in [0, 0.1) is 0 Å². The van der Waals surface area contributed by atoms with Crippen molar-refractivity contribution in [3.63, 3.8) is 0 Å². The molecule has 0 aliphatic heterocycles. The number of anilines is 1. The first-order valence-electron chi connectivity index (χ1n) is 9.45. The number of fused-ring (bicyclic) bond motifs is 1. The summed E-state index contributed by atoms with van der Waals surface area (Å²) in [5.74, 6) is -0.339. The van der Waals surface area contributed by atoms with Gasteiger partial charge in [0.15, 0.2) is 0 Å². The Morgan fingerprint density at radius 2 is 1.86 bits per heavy atom. The standard InChI is InChI=1S/C22H20N4O2S/c1-2-13-26-21(27)12-11-18(25-26)22(28)23-16-9-7-15(8-10-16)14-20-24-17-5-3-4-6-19(17)29-20/h3-12H,2,13-14H2,1H3,(H,23,28). The van der Waals surface area contributed by atoms with Crippen molar-refractivity contribution in [2.24, 2.45) is 0 Å². The van der Waals surface area contributed by atoms with Gasteiger partial charge in [0.25, 0.3) is 11.5 Å². The molecule has 0 aliphatic carbocycles. The van der Waals surface area contributed by atoms with Crippen LogP contribution in [0.1, 0.15) is 34.4 Å². The summed E-state index contributed by atoms with van der Waals surface area (Å²) in [5.41, 5.74) is 2.84. The van der Waals surface area contributed by atoms with E-state index >= 15 is 0 Å². The molecule has 0 unspecified atom stereocenters. The molecule has 146 valence electrons. The molecule has 1 amide bonds. The van der Waals surface area contributed by atoms with Crippen molar-refractivity contribution >= 4 is 33.1 Å². The van der Waals surface area contributed by atoms with Gasteiger partial charge in [-0.25, -0.2) is 9.67 Å². The van der Waals surface area contributed by atoms with Crippen molar-refractivity contribution in [3.05, 3.63) is 87.3 Å². The number of nitrogens with zero attached hydrogens (tertiary/aromatic N) is 3. The molecule has 0 aliphatic rings. The van der Waals surface area contributed by atoms with Crippen LogP contribution in [0.25, 0.3) is 10.2 Å². The van der Waals surface area contributed by atoms with E-state index in [4.69, 9.17) is 0 Å². The average molecular weight is 404 g/mol. The smallest absolute Gasteiger partial charge is 0.276 e. The molecule has 0 saturated carbocycles. The van der Waals surface area contributed by atoms with Gasteiger partial charge in [0, 0.05) is 24.7 Å². The lowest BCUT2D eigenvalue weighted by Gasteiger charge is -2.08. The highest BCUT2D eigenvalue weighted by molar-refractivity contribution is 7.18. The Morgan fingerprint density at radius 1 is 1.07 bits per heavy atom. The number of thiazole rings is 1. The van der Waals surface area contributed by atoms with Crippen LogP contribution in [-0.4, -0.2) is 20.7 Å². The fourth-order valence-electron chi connectivity index (χ4n) is 3.01. The zero-order valence-electron chi connectivity index (χ0n) is 16.0. The number of carbonyl (C=O) groups excluding carboxylic acids is 1. The summed E-state index contributed by atoms with van der Waals surface area (Å²) in [6.07, 6.45) is 1.52. The number of rotatable bonds is 6. The Kier molecular flexibility index (Phi) is 5.48. The molecule has 4 aromatic rings. The predicted octanol–water partition coefficient (Wildman–Crippen LogP) is 4.11. The number of benzene rings is 2. The average Bonchev–Trinajstić information content (AvgIpc) is 3.13. The molecule has 1 N–H and O–H groups in total. The van der Waals surface area contributed by atoms with Crippen LogP contribution >= 0.6 is 11.3 Å². The maximum atomic E-state index is 12.5. The molecule has 7 heteroatoms. The largest absolute Gasteiger partial charge is 0.321 e. The third-order valence-electron chi connectivity index (χ3n) is 4.44. The number of aromatic nitrogens is 3. The first-order valence-corrected chi connectivity index (χ1v) is 10.3. The van der Waals surface area contributed by atoms with Gasteiger partial charge in [-0.15, -0.1) is 11.3 Å². The fraction of sp³-hybridized carbons (Fsp3) is 0.182. The molecular formula is C22H20N4O2S. The van der Waals surface area contributed by atoms with E-state index in [1.165, 1.54) is 21.5 Å². The van der Waals surface area contributed by atoms with Crippen molar-refractivity contribution in [2.45, 2.75) is 26.3 Å². The normalized spacial score (nSPS) is 10.9. The molecule has 29 heavy (non-hydrogen) atoms. The van der Waals surface area contributed by atoms with Crippen molar-refractivity contribution < 1.29 is 4.79 Å². The molecular weight excluding hydrogens is 384 g/mol. The molecule has 0 atom stereocenters. The van der Waals surface area contributed by atoms with Crippen molar-refractivity contribution in [3.8, 4) is 0 Å². The molecule has 0 fully saturated rings. The lowest BCUT2D eigenvalue weighted by Crippen LogP contribution is -2.26. The Morgan fingerprint density at radius 3 is 2.62 bits per heavy atom. The summed E-state index contributed by atoms with van der Waals surface area (Å²) in [6.45, 7) is 2.44. The second-order valence-corrected chi connectivity index (χ2v) is 7.80. The maximum Gasteiger partial charge on any atom is 0.276 e. The van der Waals surface area contributed by atoms with Crippen LogP contribution in [0.2, 0.25) is 0 Å². The maximum absolute atomic E-state index is 12.5. The van der Waals surface area contributed by atoms with E-state index in [1.807, 2.05) is 49.4 Å². The minimum Gasteiger partial charge on any atom is -0.321 e. The molecule has 0 bridgehead atoms. The summed E-state index contributed by atoms with van der Waals surface area (Å²) in [4.78, 5) is 28.9. The predicted molar refractivity (Wildman–Crippen MR) is 116 cm³/mol. The van der Waals surface area contributed by atoms with E-state index in [2.05, 4.69) is 21.5 Å². The molecule has 0 radical (unpaired) electrons. The third-order valence-corrected chi connectivity index (χ3v) is 5.48. The van der Waals surface area contributed by atoms with Crippen LogP contribution in [0.4, 0.5) is 5.69 Å². The zero-order chi connectivity index (χ0) is 20.2. The van der Waals surface area contributed by atoms with Gasteiger partial charge in [-0.2, -0.15) is 5.10 Å². The first-order chi connectivity index (χ1) is 14.1. The summed E-state index contributed by atoms with van der Waals surface area (Å²) in [6, 6.07) is 18.6. The van der Waals surface area contributed by atoms with E-state index < -0.39 is 0 Å². The topological polar surface area (TPSA) is 76.9 Å². The van der Waals surface area contributed by atoms with Gasteiger partial charge in [0.1, 0.15) is 5.69 Å². The van der Waals surface area contributed by atoms with Crippen LogP contribution in [-0.2, 0) is 13.0 Å². The molecule has 4 rings (SSSR count). The van der Waals surface area contributed by atoms with Crippen LogP contribution < -0.4 is 10.9 Å². The minimum absolute atomic E-state index is 0.206. The highest BCUT2D eigenvalue weighted by atomic mass is 32.1. The van der Waals surface area contributed by atoms with Crippen molar-refractivity contribution in [2.75, 3.05) is 5.32 Å². The Balaban J connectivity index is 1.44. The van der Waals surface area contributed by atoms with Gasteiger partial charge in [-0.1, -0.05) is 31.2 Å². The molecule has 2 heterocycles. The van der Waals surface area contributed by atoms with E-state index in [0.717, 1.165) is 28.9 Å². The molecule has 2 aromatic carbocycles. The number of para-hydroxylation sites is 1. The molecule has 6 nitrogen and oxygen atoms in total. The molecule has 0 spiro atoms. The van der Waals surface area contributed by atoms with E-state index in [1.54, 1.807) is 11.3 Å². The van der Waals surface area contributed by atoms with Crippen LogP contribution in [0.5, 0.6) is 0 Å². The number of carbonyl (C=O) groups is 1. The second kappa shape index (κ2) is 8.36. The number of aryl methyl sites for hydroxylation is 1. The Hall–Kier alpha value is -3.32. The van der Waals surface area contributed by atoms with E-state index in [0.29, 0.717) is 12.2 Å². The van der Waals surface area contributed by atoms with Gasteiger partial charge >= 0.3 is 0 Å². The van der Waals surface area contributed by atoms with Gasteiger partial charge in [-0.05, 0) is 42.3 Å². The SMILES string of the molecule is CCCn1nc(C(=O)Nc2ccc(Cc3nc4ccccc4s3)cc2)ccc1=O. The molecule has 2 aromatic heterocycles.